The van der Waals surface area contributed by atoms with Gasteiger partial charge in [0.1, 0.15) is 17.5 Å². The summed E-state index contributed by atoms with van der Waals surface area (Å²) in [6, 6.07) is 18.4. The normalized spacial score (nSPS) is 12.5. The van der Waals surface area contributed by atoms with Crippen LogP contribution in [0.5, 0.6) is 0 Å². The maximum atomic E-state index is 15.1. The zero-order valence-corrected chi connectivity index (χ0v) is 24.1. The van der Waals surface area contributed by atoms with Crippen molar-refractivity contribution in [1.29, 1.82) is 0 Å². The van der Waals surface area contributed by atoms with E-state index in [2.05, 4.69) is 29.2 Å². The molecule has 0 aliphatic rings. The lowest BCUT2D eigenvalue weighted by Gasteiger charge is -2.27. The van der Waals surface area contributed by atoms with Crippen molar-refractivity contribution < 1.29 is 23.2 Å². The molecular formula is C32H36FN3O4. The standard InChI is InChI=1S/C32H36FN3O4/c1-20-10-8-9-11-26(20)27-15-14-23(16-25(27)19-38-7)30-34-29(35-40-30)22-12-13-24(28(33)17-22)18-36(6)21(2)31(37)39-32(3,4)5/h8-17,21H,18-19H2,1-7H3/t21-/m0/s1. The number of hydrogen-bond donors (Lipinski definition) is 0. The van der Waals surface area contributed by atoms with Gasteiger partial charge in [-0.3, -0.25) is 9.69 Å². The molecule has 4 rings (SSSR count). The van der Waals surface area contributed by atoms with Gasteiger partial charge in [0.25, 0.3) is 5.89 Å². The molecule has 0 aliphatic carbocycles. The lowest BCUT2D eigenvalue weighted by atomic mass is 9.94. The van der Waals surface area contributed by atoms with Gasteiger partial charge in [0.15, 0.2) is 0 Å². The Kier molecular flexibility index (Phi) is 8.81. The van der Waals surface area contributed by atoms with Crippen LogP contribution in [0.3, 0.4) is 0 Å². The highest BCUT2D eigenvalue weighted by Gasteiger charge is 2.25. The summed E-state index contributed by atoms with van der Waals surface area (Å²) in [5, 5.41) is 4.09. The smallest absolute Gasteiger partial charge is 0.323 e. The topological polar surface area (TPSA) is 77.7 Å². The molecule has 0 unspecified atom stereocenters. The molecule has 0 bridgehead atoms. The van der Waals surface area contributed by atoms with Gasteiger partial charge >= 0.3 is 5.97 Å². The molecule has 0 fully saturated rings. The summed E-state index contributed by atoms with van der Waals surface area (Å²) < 4.78 is 31.6. The number of rotatable bonds is 9. The number of hydrogen-bond acceptors (Lipinski definition) is 7. The lowest BCUT2D eigenvalue weighted by Crippen LogP contribution is -2.40. The third-order valence-corrected chi connectivity index (χ3v) is 6.65. The average molecular weight is 546 g/mol. The summed E-state index contributed by atoms with van der Waals surface area (Å²) in [5.41, 5.74) is 5.47. The lowest BCUT2D eigenvalue weighted by molar-refractivity contribution is -0.160. The van der Waals surface area contributed by atoms with Crippen molar-refractivity contribution in [2.45, 2.75) is 59.4 Å². The number of esters is 1. The molecule has 8 heteroatoms. The second kappa shape index (κ2) is 12.1. The Morgan fingerprint density at radius 3 is 2.42 bits per heavy atom. The summed E-state index contributed by atoms with van der Waals surface area (Å²) in [7, 11) is 3.42. The predicted molar refractivity (Wildman–Crippen MR) is 153 cm³/mol. The Hall–Kier alpha value is -3.88. The van der Waals surface area contributed by atoms with Gasteiger partial charge in [-0.1, -0.05) is 47.6 Å². The second-order valence-electron chi connectivity index (χ2n) is 11.0. The summed E-state index contributed by atoms with van der Waals surface area (Å²) in [6.45, 7) is 9.93. The van der Waals surface area contributed by atoms with E-state index < -0.39 is 17.5 Å². The number of carbonyl (C=O) groups excluding carboxylic acids is 1. The van der Waals surface area contributed by atoms with Crippen molar-refractivity contribution >= 4 is 5.97 Å². The fourth-order valence-corrected chi connectivity index (χ4v) is 4.38. The molecule has 0 N–H and O–H groups in total. The van der Waals surface area contributed by atoms with E-state index in [-0.39, 0.29) is 18.3 Å². The van der Waals surface area contributed by atoms with Gasteiger partial charge < -0.3 is 14.0 Å². The zero-order chi connectivity index (χ0) is 29.0. The Labute approximate surface area is 234 Å². The van der Waals surface area contributed by atoms with Gasteiger partial charge in [-0.05, 0) is 82.1 Å². The first-order valence-corrected chi connectivity index (χ1v) is 13.2. The monoisotopic (exact) mass is 545 g/mol. The van der Waals surface area contributed by atoms with Crippen LogP contribution in [-0.4, -0.2) is 46.8 Å². The van der Waals surface area contributed by atoms with Gasteiger partial charge in [0.05, 0.1) is 6.61 Å². The number of aryl methyl sites for hydroxylation is 1. The highest BCUT2D eigenvalue weighted by atomic mass is 19.1. The number of methoxy groups -OCH3 is 1. The van der Waals surface area contributed by atoms with Crippen LogP contribution in [0, 0.1) is 12.7 Å². The molecule has 0 saturated heterocycles. The van der Waals surface area contributed by atoms with Crippen molar-refractivity contribution in [3.8, 4) is 34.0 Å². The molecule has 0 spiro atoms. The average Bonchev–Trinajstić information content (AvgIpc) is 3.39. The van der Waals surface area contributed by atoms with E-state index in [1.54, 1.807) is 38.1 Å². The van der Waals surface area contributed by atoms with Crippen LogP contribution in [0.1, 0.15) is 44.4 Å². The highest BCUT2D eigenvalue weighted by Crippen LogP contribution is 2.32. The number of halogens is 1. The number of benzene rings is 3. The Bertz CT molecular complexity index is 1490. The predicted octanol–water partition coefficient (Wildman–Crippen LogP) is 6.83. The van der Waals surface area contributed by atoms with Crippen LogP contribution in [0.15, 0.2) is 65.2 Å². The van der Waals surface area contributed by atoms with Gasteiger partial charge in [-0.2, -0.15) is 4.98 Å². The molecule has 0 radical (unpaired) electrons. The minimum atomic E-state index is -0.586. The molecule has 4 aromatic rings. The number of likely N-dealkylation sites (N-methyl/N-ethyl adjacent to an activating group) is 1. The van der Waals surface area contributed by atoms with E-state index in [0.717, 1.165) is 22.3 Å². The van der Waals surface area contributed by atoms with Crippen LogP contribution in [-0.2, 0) is 27.4 Å². The molecular weight excluding hydrogens is 509 g/mol. The molecule has 40 heavy (non-hydrogen) atoms. The zero-order valence-electron chi connectivity index (χ0n) is 24.1. The van der Waals surface area contributed by atoms with Crippen molar-refractivity contribution in [3.63, 3.8) is 0 Å². The largest absolute Gasteiger partial charge is 0.459 e. The molecule has 7 nitrogen and oxygen atoms in total. The van der Waals surface area contributed by atoms with E-state index in [1.807, 2.05) is 51.1 Å². The summed E-state index contributed by atoms with van der Waals surface area (Å²) in [6.07, 6.45) is 0. The molecule has 1 atom stereocenters. The minimum absolute atomic E-state index is 0.236. The van der Waals surface area contributed by atoms with Crippen LogP contribution >= 0.6 is 0 Å². The van der Waals surface area contributed by atoms with Gasteiger partial charge in [0.2, 0.25) is 5.82 Å². The second-order valence-corrected chi connectivity index (χ2v) is 11.0. The first-order chi connectivity index (χ1) is 19.0. The summed E-state index contributed by atoms with van der Waals surface area (Å²) >= 11 is 0. The maximum Gasteiger partial charge on any atom is 0.323 e. The molecule has 1 heterocycles. The summed E-state index contributed by atoms with van der Waals surface area (Å²) in [5.74, 6) is -0.157. The third-order valence-electron chi connectivity index (χ3n) is 6.65. The maximum absolute atomic E-state index is 15.1. The quantitative estimate of drug-likeness (QED) is 0.213. The Morgan fingerprint density at radius 1 is 1.02 bits per heavy atom. The van der Waals surface area contributed by atoms with E-state index in [1.165, 1.54) is 11.6 Å². The van der Waals surface area contributed by atoms with E-state index >= 15 is 4.39 Å². The van der Waals surface area contributed by atoms with Gasteiger partial charge in [0, 0.05) is 30.3 Å². The van der Waals surface area contributed by atoms with Crippen molar-refractivity contribution in [2.24, 2.45) is 0 Å². The number of ether oxygens (including phenoxy) is 2. The van der Waals surface area contributed by atoms with Crippen LogP contribution in [0.25, 0.3) is 34.0 Å². The number of carbonyl (C=O) groups is 1. The fraction of sp³-hybridized carbons (Fsp3) is 0.344. The van der Waals surface area contributed by atoms with Gasteiger partial charge in [-0.15, -0.1) is 0 Å². The molecule has 0 aliphatic heterocycles. The fourth-order valence-electron chi connectivity index (χ4n) is 4.38. The van der Waals surface area contributed by atoms with Crippen molar-refractivity contribution in [1.82, 2.24) is 15.0 Å². The molecule has 3 aromatic carbocycles. The molecule has 0 amide bonds. The molecule has 1 aromatic heterocycles. The first kappa shape index (κ1) is 29.1. The Morgan fingerprint density at radius 2 is 1.75 bits per heavy atom. The van der Waals surface area contributed by atoms with E-state index in [0.29, 0.717) is 23.6 Å². The van der Waals surface area contributed by atoms with Crippen LogP contribution in [0.2, 0.25) is 0 Å². The van der Waals surface area contributed by atoms with E-state index in [9.17, 15) is 4.79 Å². The SMILES string of the molecule is COCc1cc(-c2nc(-c3ccc(CN(C)[C@@H](C)C(=O)OC(C)(C)C)c(F)c3)no2)ccc1-c1ccccc1C. The Balaban J connectivity index is 1.53. The number of nitrogens with zero attached hydrogens (tertiary/aromatic N) is 3. The van der Waals surface area contributed by atoms with E-state index in [4.69, 9.17) is 14.0 Å². The summed E-state index contributed by atoms with van der Waals surface area (Å²) in [4.78, 5) is 18.7. The van der Waals surface area contributed by atoms with Crippen molar-refractivity contribution in [3.05, 3.63) is 83.2 Å². The first-order valence-electron chi connectivity index (χ1n) is 13.2. The highest BCUT2D eigenvalue weighted by molar-refractivity contribution is 5.76. The molecule has 210 valence electrons. The van der Waals surface area contributed by atoms with Crippen LogP contribution in [0.4, 0.5) is 4.39 Å². The molecule has 0 saturated carbocycles. The number of aromatic nitrogens is 2. The van der Waals surface area contributed by atoms with Crippen molar-refractivity contribution in [2.75, 3.05) is 14.2 Å². The van der Waals surface area contributed by atoms with Gasteiger partial charge in [-0.25, -0.2) is 4.39 Å². The third kappa shape index (κ3) is 6.81. The minimum Gasteiger partial charge on any atom is -0.459 e. The van der Waals surface area contributed by atoms with Crippen LogP contribution < -0.4 is 0 Å².